The van der Waals surface area contributed by atoms with E-state index in [1.807, 2.05) is 9.80 Å². The minimum Gasteiger partial charge on any atom is -0.461 e. The van der Waals surface area contributed by atoms with Crippen LogP contribution in [0.2, 0.25) is 0 Å². The fourth-order valence-corrected chi connectivity index (χ4v) is 8.74. The van der Waals surface area contributed by atoms with Crippen LogP contribution in [-0.2, 0) is 6.18 Å². The highest BCUT2D eigenvalue weighted by atomic mass is 19.4. The normalized spacial score (nSPS) is 27.3. The van der Waals surface area contributed by atoms with E-state index in [0.29, 0.717) is 37.8 Å². The molecule has 3 aromatic rings. The number of fused-ring (bicyclic) bond motifs is 4. The van der Waals surface area contributed by atoms with Gasteiger partial charge in [-0.1, -0.05) is 0 Å². The van der Waals surface area contributed by atoms with Crippen molar-refractivity contribution in [2.75, 3.05) is 43.4 Å². The SMILES string of the molecule is Cc1cc(N)c(F)c(-c2ncc3c(N4C[C@@H]5CC[C@](C6CC6)(C4)N5)nc(OC[C@@]45CCCN4CC(=C(F)F)C5)nc3c2F)c1C(F)(F)F. The fourth-order valence-electron chi connectivity index (χ4n) is 8.74. The smallest absolute Gasteiger partial charge is 0.417 e. The Morgan fingerprint density at radius 1 is 1.12 bits per heavy atom. The van der Waals surface area contributed by atoms with Crippen molar-refractivity contribution in [3.05, 3.63) is 46.7 Å². The number of rotatable bonds is 6. The second-order valence-electron chi connectivity index (χ2n) is 14.1. The summed E-state index contributed by atoms with van der Waals surface area (Å²) in [6.45, 7) is 2.90. The molecule has 0 radical (unpaired) electrons. The number of pyridine rings is 1. The molecule has 1 aromatic carbocycles. The first-order chi connectivity index (χ1) is 22.8. The molecule has 5 aliphatic rings. The van der Waals surface area contributed by atoms with Gasteiger partial charge in [0.1, 0.15) is 23.6 Å². The summed E-state index contributed by atoms with van der Waals surface area (Å²) in [7, 11) is 0. The lowest BCUT2D eigenvalue weighted by atomic mass is 9.90. The number of anilines is 2. The minimum atomic E-state index is -5.04. The number of aromatic nitrogens is 3. The van der Waals surface area contributed by atoms with Gasteiger partial charge < -0.3 is 20.7 Å². The monoisotopic (exact) mass is 677 g/mol. The topological polar surface area (TPSA) is 92.4 Å². The van der Waals surface area contributed by atoms with E-state index in [9.17, 15) is 22.0 Å². The summed E-state index contributed by atoms with van der Waals surface area (Å²) in [5, 5.41) is 3.91. The van der Waals surface area contributed by atoms with Gasteiger partial charge >= 0.3 is 12.2 Å². The summed E-state index contributed by atoms with van der Waals surface area (Å²) >= 11 is 0. The molecule has 15 heteroatoms. The summed E-state index contributed by atoms with van der Waals surface area (Å²) < 4.78 is 108. The maximum atomic E-state index is 16.7. The van der Waals surface area contributed by atoms with Crippen molar-refractivity contribution in [1.29, 1.82) is 0 Å². The maximum absolute atomic E-state index is 16.7. The van der Waals surface area contributed by atoms with Crippen LogP contribution in [0.15, 0.2) is 23.9 Å². The molecular weight excluding hydrogens is 643 g/mol. The highest BCUT2D eigenvalue weighted by Crippen LogP contribution is 2.49. The molecule has 4 aliphatic heterocycles. The molecule has 8 rings (SSSR count). The largest absolute Gasteiger partial charge is 0.461 e. The molecule has 0 spiro atoms. The summed E-state index contributed by atoms with van der Waals surface area (Å²) in [5.74, 6) is -1.94. The first-order valence-electron chi connectivity index (χ1n) is 16.2. The predicted molar refractivity (Wildman–Crippen MR) is 164 cm³/mol. The summed E-state index contributed by atoms with van der Waals surface area (Å²) in [6.07, 6.45) is 0.0132. The molecule has 1 aliphatic carbocycles. The van der Waals surface area contributed by atoms with E-state index >= 15 is 8.78 Å². The average Bonchev–Trinajstić information content (AvgIpc) is 3.63. The number of nitrogens with one attached hydrogen (secondary N) is 1. The Labute approximate surface area is 271 Å². The van der Waals surface area contributed by atoms with Crippen LogP contribution in [0.5, 0.6) is 6.01 Å². The van der Waals surface area contributed by atoms with E-state index in [-0.39, 0.29) is 59.2 Å². The number of ether oxygens (including phenoxy) is 1. The van der Waals surface area contributed by atoms with Crippen molar-refractivity contribution in [2.24, 2.45) is 5.92 Å². The Hall–Kier alpha value is -3.72. The minimum absolute atomic E-state index is 0.0433. The quantitative estimate of drug-likeness (QED) is 0.230. The Morgan fingerprint density at radius 2 is 1.92 bits per heavy atom. The van der Waals surface area contributed by atoms with Crippen LogP contribution < -0.4 is 20.7 Å². The third-order valence-corrected chi connectivity index (χ3v) is 11.1. The van der Waals surface area contributed by atoms with Gasteiger partial charge in [0.25, 0.3) is 6.08 Å². The second-order valence-corrected chi connectivity index (χ2v) is 14.1. The molecule has 256 valence electrons. The summed E-state index contributed by atoms with van der Waals surface area (Å²) in [5.41, 5.74) is 0.158. The molecule has 1 saturated carbocycles. The van der Waals surface area contributed by atoms with Crippen LogP contribution in [0, 0.1) is 24.5 Å². The van der Waals surface area contributed by atoms with E-state index in [1.165, 1.54) is 6.20 Å². The van der Waals surface area contributed by atoms with Crippen molar-refractivity contribution < 1.29 is 35.5 Å². The van der Waals surface area contributed by atoms with Crippen molar-refractivity contribution in [1.82, 2.24) is 25.2 Å². The van der Waals surface area contributed by atoms with E-state index in [4.69, 9.17) is 15.5 Å². The highest BCUT2D eigenvalue weighted by Gasteiger charge is 2.53. The molecule has 0 unspecified atom stereocenters. The lowest BCUT2D eigenvalue weighted by molar-refractivity contribution is -0.137. The van der Waals surface area contributed by atoms with Gasteiger partial charge in [-0.15, -0.1) is 0 Å². The van der Waals surface area contributed by atoms with Crippen molar-refractivity contribution in [3.63, 3.8) is 0 Å². The van der Waals surface area contributed by atoms with Gasteiger partial charge in [0.2, 0.25) is 0 Å². The lowest BCUT2D eigenvalue weighted by Crippen LogP contribution is -2.61. The molecule has 2 aromatic heterocycles. The van der Waals surface area contributed by atoms with E-state index in [0.717, 1.165) is 45.1 Å². The standard InChI is InChI=1S/C33H34F7N7O/c1-16-9-21(41)24(34)22(23(16)33(38,39)40)27-25(35)26-20(11-42-27)29(46-13-19-5-7-32(14-46,45-19)18-3-4-18)44-30(43-26)48-15-31-6-2-8-47(31)12-17(10-31)28(36)37/h9,11,18-19,45H,2-8,10,12-15,41H2,1H3/t19-,31-,32+/m0/s1. The zero-order chi connectivity index (χ0) is 33.7. The summed E-state index contributed by atoms with van der Waals surface area (Å²) in [4.78, 5) is 17.1. The number of alkyl halides is 3. The Balaban J connectivity index is 1.26. The number of halogens is 7. The van der Waals surface area contributed by atoms with Crippen LogP contribution >= 0.6 is 0 Å². The van der Waals surface area contributed by atoms with Crippen molar-refractivity contribution in [3.8, 4) is 17.3 Å². The zero-order valence-electron chi connectivity index (χ0n) is 26.2. The number of nitrogen functional groups attached to an aromatic ring is 1. The number of nitrogens with zero attached hydrogens (tertiary/aromatic N) is 5. The van der Waals surface area contributed by atoms with Crippen molar-refractivity contribution in [2.45, 2.75) is 75.2 Å². The Morgan fingerprint density at radius 3 is 2.65 bits per heavy atom. The molecular formula is C33H34F7N7O. The van der Waals surface area contributed by atoms with Crippen LogP contribution in [-0.4, -0.2) is 69.8 Å². The second kappa shape index (κ2) is 10.9. The number of hydrogen-bond acceptors (Lipinski definition) is 8. The number of piperazine rings is 1. The molecule has 3 N–H and O–H groups in total. The van der Waals surface area contributed by atoms with E-state index < -0.39 is 51.9 Å². The number of benzene rings is 1. The van der Waals surface area contributed by atoms with Gasteiger partial charge in [-0.25, -0.2) is 8.78 Å². The molecule has 3 atom stereocenters. The Kier molecular flexibility index (Phi) is 7.16. The van der Waals surface area contributed by atoms with Gasteiger partial charge in [0, 0.05) is 43.0 Å². The number of aryl methyl sites for hydroxylation is 1. The van der Waals surface area contributed by atoms with Gasteiger partial charge in [-0.05, 0) is 76.0 Å². The predicted octanol–water partition coefficient (Wildman–Crippen LogP) is 6.37. The van der Waals surface area contributed by atoms with Gasteiger partial charge in [0.05, 0.1) is 27.7 Å². The Bertz CT molecular complexity index is 1860. The fraction of sp³-hybridized carbons (Fsp3) is 0.545. The van der Waals surface area contributed by atoms with Gasteiger partial charge in [-0.2, -0.15) is 31.9 Å². The molecule has 48 heavy (non-hydrogen) atoms. The average molecular weight is 678 g/mol. The zero-order valence-corrected chi connectivity index (χ0v) is 26.2. The summed E-state index contributed by atoms with van der Waals surface area (Å²) in [6, 6.07) is 0.750. The molecule has 0 amide bonds. The van der Waals surface area contributed by atoms with Crippen LogP contribution in [0.3, 0.4) is 0 Å². The third-order valence-electron chi connectivity index (χ3n) is 11.1. The van der Waals surface area contributed by atoms with E-state index in [1.54, 1.807) is 0 Å². The highest BCUT2D eigenvalue weighted by molar-refractivity contribution is 5.92. The van der Waals surface area contributed by atoms with Gasteiger partial charge in [0.15, 0.2) is 11.6 Å². The first-order valence-corrected chi connectivity index (χ1v) is 16.2. The third kappa shape index (κ3) is 4.98. The molecule has 8 nitrogen and oxygen atoms in total. The number of nitrogens with two attached hydrogens (primary N) is 1. The molecule has 2 bridgehead atoms. The van der Waals surface area contributed by atoms with Crippen molar-refractivity contribution >= 4 is 22.4 Å². The van der Waals surface area contributed by atoms with Gasteiger partial charge in [-0.3, -0.25) is 9.88 Å². The first kappa shape index (κ1) is 31.5. The lowest BCUT2D eigenvalue weighted by Gasteiger charge is -2.42. The van der Waals surface area contributed by atoms with E-state index in [2.05, 4.69) is 15.3 Å². The van der Waals surface area contributed by atoms with Crippen LogP contribution in [0.1, 0.15) is 56.1 Å². The van der Waals surface area contributed by atoms with Crippen LogP contribution in [0.25, 0.3) is 22.2 Å². The number of hydrogen-bond donors (Lipinski definition) is 2. The molecule has 4 saturated heterocycles. The molecule has 6 heterocycles. The van der Waals surface area contributed by atoms with Crippen LogP contribution in [0.4, 0.5) is 42.2 Å². The molecule has 5 fully saturated rings. The maximum Gasteiger partial charge on any atom is 0.417 e.